The first-order chi connectivity index (χ1) is 12.4. The van der Waals surface area contributed by atoms with Crippen LogP contribution in [0.1, 0.15) is 27.7 Å². The second kappa shape index (κ2) is 7.65. The van der Waals surface area contributed by atoms with Gasteiger partial charge in [0.05, 0.1) is 12.7 Å². The Morgan fingerprint density at radius 3 is 1.88 bits per heavy atom. The molecule has 1 N–H and O–H groups in total. The molecule has 1 heterocycles. The third-order valence-corrected chi connectivity index (χ3v) is 10.3. The van der Waals surface area contributed by atoms with Crippen molar-refractivity contribution in [2.24, 2.45) is 5.92 Å². The molecule has 0 amide bonds. The zero-order valence-corrected chi connectivity index (χ0v) is 17.2. The van der Waals surface area contributed by atoms with E-state index in [0.29, 0.717) is 6.61 Å². The Balaban J connectivity index is 1.98. The minimum atomic E-state index is -2.48. The van der Waals surface area contributed by atoms with E-state index < -0.39 is 8.32 Å². The molecule has 0 saturated carbocycles. The number of rotatable bonds is 7. The fourth-order valence-corrected chi connectivity index (χ4v) is 8.59. The van der Waals surface area contributed by atoms with Crippen LogP contribution in [0.2, 0.25) is 5.04 Å². The zero-order valence-electron chi connectivity index (χ0n) is 16.2. The second-order valence-electron chi connectivity index (χ2n) is 8.27. The van der Waals surface area contributed by atoms with Crippen LogP contribution >= 0.6 is 0 Å². The monoisotopic (exact) mass is 370 g/mol. The molecule has 3 rings (SSSR count). The molecule has 3 atom stereocenters. The van der Waals surface area contributed by atoms with Gasteiger partial charge in [0.15, 0.2) is 0 Å². The van der Waals surface area contributed by atoms with Crippen molar-refractivity contribution in [3.63, 3.8) is 0 Å². The average Bonchev–Trinajstić information content (AvgIpc) is 3.43. The molecule has 0 aliphatic carbocycles. The molecular weight excluding hydrogens is 340 g/mol. The summed E-state index contributed by atoms with van der Waals surface area (Å²) in [6, 6.07) is 21.4. The van der Waals surface area contributed by atoms with Crippen LogP contribution in [0.4, 0.5) is 0 Å². The molecule has 4 heteroatoms. The summed E-state index contributed by atoms with van der Waals surface area (Å²) in [7, 11) is -2.48. The lowest BCUT2D eigenvalue weighted by atomic mass is 10.1. The first kappa shape index (κ1) is 19.3. The van der Waals surface area contributed by atoms with E-state index in [4.69, 9.17) is 9.16 Å². The highest BCUT2D eigenvalue weighted by molar-refractivity contribution is 6.99. The molecular formula is C22H30O3Si. The van der Waals surface area contributed by atoms with Gasteiger partial charge in [-0.1, -0.05) is 88.4 Å². The van der Waals surface area contributed by atoms with Crippen LogP contribution in [-0.4, -0.2) is 38.8 Å². The summed E-state index contributed by atoms with van der Waals surface area (Å²) in [5.74, 6) is 0.258. The lowest BCUT2D eigenvalue weighted by Gasteiger charge is -2.43. The quantitative estimate of drug-likeness (QED) is 0.602. The lowest BCUT2D eigenvalue weighted by molar-refractivity contribution is 0.208. The fourth-order valence-electron chi connectivity index (χ4n) is 3.92. The molecule has 1 aliphatic rings. The van der Waals surface area contributed by atoms with Gasteiger partial charge in [0.2, 0.25) is 0 Å². The van der Waals surface area contributed by atoms with Gasteiger partial charge in [-0.2, -0.15) is 0 Å². The van der Waals surface area contributed by atoms with Crippen LogP contribution < -0.4 is 10.4 Å². The maximum Gasteiger partial charge on any atom is 0.261 e. The molecule has 140 valence electrons. The maximum atomic E-state index is 9.28. The molecule has 0 bridgehead atoms. The molecule has 3 nitrogen and oxygen atoms in total. The smallest absolute Gasteiger partial charge is 0.261 e. The lowest BCUT2D eigenvalue weighted by Crippen LogP contribution is -2.67. The number of hydrogen-bond donors (Lipinski definition) is 1. The summed E-state index contributed by atoms with van der Waals surface area (Å²) in [5.41, 5.74) is 0. The fraction of sp³-hybridized carbons (Fsp3) is 0.455. The van der Waals surface area contributed by atoms with Crippen molar-refractivity contribution in [1.82, 2.24) is 0 Å². The molecule has 0 spiro atoms. The summed E-state index contributed by atoms with van der Waals surface area (Å²) in [6.45, 7) is 9.73. The van der Waals surface area contributed by atoms with Gasteiger partial charge < -0.3 is 14.3 Å². The molecule has 0 aromatic heterocycles. The van der Waals surface area contributed by atoms with Gasteiger partial charge >= 0.3 is 0 Å². The van der Waals surface area contributed by atoms with Gasteiger partial charge in [0.1, 0.15) is 6.10 Å². The van der Waals surface area contributed by atoms with E-state index in [-0.39, 0.29) is 29.8 Å². The van der Waals surface area contributed by atoms with Crippen LogP contribution in [0, 0.1) is 5.92 Å². The largest absolute Gasteiger partial charge is 0.407 e. The van der Waals surface area contributed by atoms with E-state index in [1.807, 2.05) is 0 Å². The Labute approximate surface area is 158 Å². The van der Waals surface area contributed by atoms with E-state index >= 15 is 0 Å². The molecule has 2 aromatic carbocycles. The van der Waals surface area contributed by atoms with Gasteiger partial charge in [-0.3, -0.25) is 0 Å². The summed E-state index contributed by atoms with van der Waals surface area (Å²) in [6.07, 6.45) is 0.0889. The van der Waals surface area contributed by atoms with Crippen LogP contribution in [-0.2, 0) is 9.16 Å². The van der Waals surface area contributed by atoms with Crippen LogP contribution in [0.15, 0.2) is 60.7 Å². The number of hydrogen-bond acceptors (Lipinski definition) is 3. The highest BCUT2D eigenvalue weighted by Crippen LogP contribution is 2.38. The van der Waals surface area contributed by atoms with Crippen molar-refractivity contribution >= 4 is 18.7 Å². The molecule has 0 unspecified atom stereocenters. The SMILES string of the molecule is C[C@@H](CO[Si](c1ccccc1)(c1ccccc1)C(C)(C)C)[C@H]1O[C@@H]1CO. The highest BCUT2D eigenvalue weighted by Gasteiger charge is 2.51. The van der Waals surface area contributed by atoms with Gasteiger partial charge in [-0.05, 0) is 15.4 Å². The molecule has 1 saturated heterocycles. The Bertz CT molecular complexity index is 657. The second-order valence-corrected chi connectivity index (χ2v) is 12.6. The van der Waals surface area contributed by atoms with Gasteiger partial charge in [0.25, 0.3) is 8.32 Å². The standard InChI is InChI=1S/C22H30O3Si/c1-17(21-20(15-23)25-21)16-24-26(22(2,3)4,18-11-7-5-8-12-18)19-13-9-6-10-14-19/h5-14,17,20-21,23H,15-16H2,1-4H3/t17-,20+,21+/m0/s1. The topological polar surface area (TPSA) is 42.0 Å². The van der Waals surface area contributed by atoms with Crippen molar-refractivity contribution in [2.75, 3.05) is 13.2 Å². The van der Waals surface area contributed by atoms with Gasteiger partial charge in [-0.25, -0.2) is 0 Å². The first-order valence-electron chi connectivity index (χ1n) is 9.41. The predicted octanol–water partition coefficient (Wildman–Crippen LogP) is 2.96. The predicted molar refractivity (Wildman–Crippen MR) is 108 cm³/mol. The maximum absolute atomic E-state index is 9.28. The van der Waals surface area contributed by atoms with Gasteiger partial charge in [0, 0.05) is 12.5 Å². The minimum Gasteiger partial charge on any atom is -0.407 e. The number of epoxide rings is 1. The van der Waals surface area contributed by atoms with Crippen molar-refractivity contribution in [2.45, 2.75) is 44.9 Å². The summed E-state index contributed by atoms with van der Waals surface area (Å²) in [4.78, 5) is 0. The molecule has 0 radical (unpaired) electrons. The zero-order chi connectivity index (χ0) is 18.8. The van der Waals surface area contributed by atoms with E-state index in [1.54, 1.807) is 0 Å². The molecule has 26 heavy (non-hydrogen) atoms. The number of ether oxygens (including phenoxy) is 1. The van der Waals surface area contributed by atoms with Crippen LogP contribution in [0.3, 0.4) is 0 Å². The molecule has 2 aromatic rings. The first-order valence-corrected chi connectivity index (χ1v) is 11.3. The minimum absolute atomic E-state index is 0.0176. The Morgan fingerprint density at radius 1 is 1.00 bits per heavy atom. The average molecular weight is 371 g/mol. The Morgan fingerprint density at radius 2 is 1.50 bits per heavy atom. The molecule has 1 aliphatic heterocycles. The van der Waals surface area contributed by atoms with Gasteiger partial charge in [-0.15, -0.1) is 0 Å². The van der Waals surface area contributed by atoms with Crippen LogP contribution in [0.5, 0.6) is 0 Å². The number of aliphatic hydroxyl groups excluding tert-OH is 1. The number of benzene rings is 2. The Kier molecular flexibility index (Phi) is 5.68. The van der Waals surface area contributed by atoms with E-state index in [2.05, 4.69) is 88.4 Å². The van der Waals surface area contributed by atoms with Crippen molar-refractivity contribution in [1.29, 1.82) is 0 Å². The van der Waals surface area contributed by atoms with Crippen molar-refractivity contribution in [3.05, 3.63) is 60.7 Å². The highest BCUT2D eigenvalue weighted by atomic mass is 28.4. The van der Waals surface area contributed by atoms with Crippen molar-refractivity contribution in [3.8, 4) is 0 Å². The normalized spacial score (nSPS) is 21.4. The Hall–Kier alpha value is -1.46. The number of aliphatic hydroxyl groups is 1. The van der Waals surface area contributed by atoms with E-state index in [9.17, 15) is 5.11 Å². The summed E-state index contributed by atoms with van der Waals surface area (Å²) < 4.78 is 12.5. The summed E-state index contributed by atoms with van der Waals surface area (Å²) in [5, 5.41) is 11.8. The third-order valence-electron chi connectivity index (χ3n) is 5.34. The van der Waals surface area contributed by atoms with E-state index in [1.165, 1.54) is 10.4 Å². The van der Waals surface area contributed by atoms with Crippen LogP contribution in [0.25, 0.3) is 0 Å². The molecule has 1 fully saturated rings. The summed E-state index contributed by atoms with van der Waals surface area (Å²) >= 11 is 0. The third kappa shape index (κ3) is 3.65. The van der Waals surface area contributed by atoms with Crippen molar-refractivity contribution < 1.29 is 14.3 Å². The van der Waals surface area contributed by atoms with E-state index in [0.717, 1.165) is 0 Å².